The van der Waals surface area contributed by atoms with E-state index in [-0.39, 0.29) is 5.91 Å². The molecule has 0 aliphatic heterocycles. The Morgan fingerprint density at radius 3 is 2.86 bits per heavy atom. The summed E-state index contributed by atoms with van der Waals surface area (Å²) in [4.78, 5) is 18.7. The Hall–Kier alpha value is -1.88. The molecule has 1 amide bonds. The van der Waals surface area contributed by atoms with Crippen LogP contribution in [-0.2, 0) is 11.2 Å². The number of amides is 1. The molecule has 2 aromatic rings. The Labute approximate surface area is 126 Å². The normalized spacial score (nSPS) is 11.2. The van der Waals surface area contributed by atoms with Crippen molar-refractivity contribution in [3.8, 4) is 0 Å². The summed E-state index contributed by atoms with van der Waals surface area (Å²) < 4.78 is 1.93. The summed E-state index contributed by atoms with van der Waals surface area (Å²) in [5, 5.41) is 2.96. The Morgan fingerprint density at radius 2 is 2.14 bits per heavy atom. The van der Waals surface area contributed by atoms with E-state index in [1.807, 2.05) is 35.0 Å². The largest absolute Gasteiger partial charge is 0.356 e. The number of rotatable bonds is 8. The second kappa shape index (κ2) is 7.78. The van der Waals surface area contributed by atoms with Crippen LogP contribution < -0.4 is 5.32 Å². The van der Waals surface area contributed by atoms with Gasteiger partial charge in [0.1, 0.15) is 5.65 Å². The molecular weight excluding hydrogens is 264 g/mol. The monoisotopic (exact) mass is 288 g/mol. The highest BCUT2D eigenvalue weighted by atomic mass is 16.1. The number of imidazole rings is 1. The minimum atomic E-state index is 0.0398. The van der Waals surface area contributed by atoms with Crippen molar-refractivity contribution in [2.24, 2.45) is 0 Å². The first kappa shape index (κ1) is 15.5. The van der Waals surface area contributed by atoms with Crippen molar-refractivity contribution in [2.75, 3.05) is 26.2 Å². The standard InChI is InChI=1S/C16H24N4O/c1-3-19(4-2)10-7-9-17-16(21)12-14-13-20-11-6-5-8-15(20)18-14/h5-6,8,11,13H,3-4,7,9-10,12H2,1-2H3,(H,17,21). The molecule has 0 aliphatic rings. The maximum atomic E-state index is 11.9. The molecule has 0 atom stereocenters. The number of nitrogens with zero attached hydrogens (tertiary/aromatic N) is 3. The highest BCUT2D eigenvalue weighted by Gasteiger charge is 2.07. The highest BCUT2D eigenvalue weighted by Crippen LogP contribution is 2.04. The number of pyridine rings is 1. The maximum Gasteiger partial charge on any atom is 0.226 e. The molecule has 0 saturated carbocycles. The summed E-state index contributed by atoms with van der Waals surface area (Å²) in [7, 11) is 0. The molecule has 0 aliphatic carbocycles. The van der Waals surface area contributed by atoms with Gasteiger partial charge in [0.2, 0.25) is 5.91 Å². The summed E-state index contributed by atoms with van der Waals surface area (Å²) in [6.45, 7) is 8.19. The predicted molar refractivity (Wildman–Crippen MR) is 84.3 cm³/mol. The van der Waals surface area contributed by atoms with Crippen molar-refractivity contribution in [1.29, 1.82) is 0 Å². The van der Waals surface area contributed by atoms with Crippen molar-refractivity contribution >= 4 is 11.6 Å². The van der Waals surface area contributed by atoms with E-state index in [2.05, 4.69) is 29.0 Å². The number of aromatic nitrogens is 2. The Bertz CT molecular complexity index is 541. The van der Waals surface area contributed by atoms with Gasteiger partial charge in [-0.1, -0.05) is 19.9 Å². The van der Waals surface area contributed by atoms with E-state index < -0.39 is 0 Å². The maximum absolute atomic E-state index is 11.9. The van der Waals surface area contributed by atoms with Gasteiger partial charge in [-0.3, -0.25) is 4.79 Å². The molecule has 0 spiro atoms. The van der Waals surface area contributed by atoms with E-state index in [4.69, 9.17) is 0 Å². The molecule has 2 rings (SSSR count). The van der Waals surface area contributed by atoms with Crippen molar-refractivity contribution in [2.45, 2.75) is 26.7 Å². The van der Waals surface area contributed by atoms with Gasteiger partial charge in [0.15, 0.2) is 0 Å². The molecule has 0 bridgehead atoms. The average Bonchev–Trinajstić information content (AvgIpc) is 2.89. The van der Waals surface area contributed by atoms with Crippen LogP contribution in [0.3, 0.4) is 0 Å². The van der Waals surface area contributed by atoms with Crippen LogP contribution in [0.5, 0.6) is 0 Å². The van der Waals surface area contributed by atoms with Gasteiger partial charge in [-0.25, -0.2) is 4.98 Å². The molecule has 2 aromatic heterocycles. The predicted octanol–water partition coefficient (Wildman–Crippen LogP) is 1.72. The third-order valence-electron chi connectivity index (χ3n) is 3.62. The molecule has 0 unspecified atom stereocenters. The second-order valence-electron chi connectivity index (χ2n) is 5.11. The fraction of sp³-hybridized carbons (Fsp3) is 0.500. The van der Waals surface area contributed by atoms with Crippen LogP contribution in [0.15, 0.2) is 30.6 Å². The quantitative estimate of drug-likeness (QED) is 0.753. The van der Waals surface area contributed by atoms with Crippen LogP contribution in [0.4, 0.5) is 0 Å². The van der Waals surface area contributed by atoms with Crippen molar-refractivity contribution in [3.05, 3.63) is 36.3 Å². The van der Waals surface area contributed by atoms with E-state index in [9.17, 15) is 4.79 Å². The Kier molecular flexibility index (Phi) is 5.75. The SMILES string of the molecule is CCN(CC)CCCNC(=O)Cc1cn2ccccc2n1. The van der Waals surface area contributed by atoms with Crippen molar-refractivity contribution in [1.82, 2.24) is 19.6 Å². The molecular formula is C16H24N4O. The second-order valence-corrected chi connectivity index (χ2v) is 5.11. The zero-order chi connectivity index (χ0) is 15.1. The molecule has 114 valence electrons. The third kappa shape index (κ3) is 4.56. The number of hydrogen-bond donors (Lipinski definition) is 1. The first-order valence-electron chi connectivity index (χ1n) is 7.64. The minimum Gasteiger partial charge on any atom is -0.356 e. The summed E-state index contributed by atoms with van der Waals surface area (Å²) in [5.74, 6) is 0.0398. The fourth-order valence-electron chi connectivity index (χ4n) is 2.37. The number of fused-ring (bicyclic) bond motifs is 1. The van der Waals surface area contributed by atoms with Crippen LogP contribution >= 0.6 is 0 Å². The average molecular weight is 288 g/mol. The van der Waals surface area contributed by atoms with Gasteiger partial charge >= 0.3 is 0 Å². The van der Waals surface area contributed by atoms with Gasteiger partial charge in [0.05, 0.1) is 12.1 Å². The topological polar surface area (TPSA) is 49.6 Å². The zero-order valence-corrected chi connectivity index (χ0v) is 12.9. The van der Waals surface area contributed by atoms with Gasteiger partial charge in [-0.15, -0.1) is 0 Å². The summed E-state index contributed by atoms with van der Waals surface area (Å²) in [6, 6.07) is 5.83. The van der Waals surface area contributed by atoms with E-state index in [0.717, 1.165) is 43.9 Å². The molecule has 5 nitrogen and oxygen atoms in total. The van der Waals surface area contributed by atoms with Crippen molar-refractivity contribution in [3.63, 3.8) is 0 Å². The minimum absolute atomic E-state index is 0.0398. The van der Waals surface area contributed by atoms with Crippen LogP contribution in [0.2, 0.25) is 0 Å². The van der Waals surface area contributed by atoms with Gasteiger partial charge in [-0.05, 0) is 38.2 Å². The smallest absolute Gasteiger partial charge is 0.226 e. The summed E-state index contributed by atoms with van der Waals surface area (Å²) in [6.07, 6.45) is 5.17. The molecule has 0 saturated heterocycles. The van der Waals surface area contributed by atoms with Gasteiger partial charge in [0.25, 0.3) is 0 Å². The number of nitrogens with one attached hydrogen (secondary N) is 1. The number of hydrogen-bond acceptors (Lipinski definition) is 3. The van der Waals surface area contributed by atoms with Crippen LogP contribution in [0.1, 0.15) is 26.0 Å². The van der Waals surface area contributed by atoms with Crippen LogP contribution in [0.25, 0.3) is 5.65 Å². The Morgan fingerprint density at radius 1 is 1.33 bits per heavy atom. The van der Waals surface area contributed by atoms with E-state index >= 15 is 0 Å². The molecule has 2 heterocycles. The summed E-state index contributed by atoms with van der Waals surface area (Å²) in [5.41, 5.74) is 1.68. The molecule has 5 heteroatoms. The lowest BCUT2D eigenvalue weighted by atomic mass is 10.3. The fourth-order valence-corrected chi connectivity index (χ4v) is 2.37. The first-order valence-corrected chi connectivity index (χ1v) is 7.64. The lowest BCUT2D eigenvalue weighted by Gasteiger charge is -2.17. The van der Waals surface area contributed by atoms with E-state index in [1.165, 1.54) is 0 Å². The molecule has 21 heavy (non-hydrogen) atoms. The van der Waals surface area contributed by atoms with Crippen LogP contribution in [-0.4, -0.2) is 46.4 Å². The molecule has 0 fully saturated rings. The van der Waals surface area contributed by atoms with Gasteiger partial charge in [-0.2, -0.15) is 0 Å². The summed E-state index contributed by atoms with van der Waals surface area (Å²) >= 11 is 0. The first-order chi connectivity index (χ1) is 10.2. The third-order valence-corrected chi connectivity index (χ3v) is 3.62. The van der Waals surface area contributed by atoms with E-state index in [0.29, 0.717) is 6.42 Å². The lowest BCUT2D eigenvalue weighted by molar-refractivity contribution is -0.120. The molecule has 0 aromatic carbocycles. The number of carbonyl (C=O) groups excluding carboxylic acids is 1. The zero-order valence-electron chi connectivity index (χ0n) is 12.9. The molecule has 0 radical (unpaired) electrons. The lowest BCUT2D eigenvalue weighted by Crippen LogP contribution is -2.30. The van der Waals surface area contributed by atoms with Gasteiger partial charge < -0.3 is 14.6 Å². The Balaban J connectivity index is 1.74. The number of carbonyl (C=O) groups is 1. The molecule has 1 N–H and O–H groups in total. The van der Waals surface area contributed by atoms with E-state index in [1.54, 1.807) is 0 Å². The van der Waals surface area contributed by atoms with Crippen molar-refractivity contribution < 1.29 is 4.79 Å². The van der Waals surface area contributed by atoms with Gasteiger partial charge in [0, 0.05) is 18.9 Å². The van der Waals surface area contributed by atoms with Crippen LogP contribution in [0, 0.1) is 0 Å². The highest BCUT2D eigenvalue weighted by molar-refractivity contribution is 5.78.